The molecule has 1 aromatic heterocycles. The first kappa shape index (κ1) is 27.1. The molecular formula is C25H33N3O8S. The van der Waals surface area contributed by atoms with E-state index in [1.807, 2.05) is 52.0 Å². The average molecular weight is 536 g/mol. The summed E-state index contributed by atoms with van der Waals surface area (Å²) < 4.78 is 44.1. The van der Waals surface area contributed by atoms with E-state index in [4.69, 9.17) is 17.8 Å². The van der Waals surface area contributed by atoms with Crippen LogP contribution in [0, 0.1) is 18.3 Å². The van der Waals surface area contributed by atoms with Crippen LogP contribution < -0.4 is 9.47 Å². The molecule has 12 heteroatoms. The quantitative estimate of drug-likeness (QED) is 0.578. The Morgan fingerprint density at radius 3 is 2.41 bits per heavy atom. The standard InChI is InChI=1S/C25H33N3O8S/c1-16-22(35-19-7-5-17(6-8-19)11-18-13-33-37(31,32)34-14-18)26-15-27-23(16)36-20-9-10-28(24(29)30)21(12-20)25(2,3)4/h5-8,15,18,20-21H,9-14H2,1-4H3,(H,29,30). The molecule has 2 aliphatic heterocycles. The van der Waals surface area contributed by atoms with E-state index in [1.165, 1.54) is 11.2 Å². The molecule has 2 aromatic rings. The van der Waals surface area contributed by atoms with Crippen molar-refractivity contribution >= 4 is 16.5 Å². The van der Waals surface area contributed by atoms with Crippen molar-refractivity contribution in [2.45, 2.75) is 59.1 Å². The van der Waals surface area contributed by atoms with Gasteiger partial charge in [0.1, 0.15) is 18.2 Å². The van der Waals surface area contributed by atoms with Gasteiger partial charge in [0.05, 0.1) is 18.8 Å². The van der Waals surface area contributed by atoms with Gasteiger partial charge in [0.15, 0.2) is 0 Å². The number of aromatic nitrogens is 2. The third kappa shape index (κ3) is 6.88. The van der Waals surface area contributed by atoms with Gasteiger partial charge in [0.25, 0.3) is 0 Å². The van der Waals surface area contributed by atoms with E-state index in [2.05, 4.69) is 9.97 Å². The maximum atomic E-state index is 11.7. The third-order valence-electron chi connectivity index (χ3n) is 6.63. The van der Waals surface area contributed by atoms with Crippen molar-refractivity contribution in [3.05, 3.63) is 41.7 Å². The van der Waals surface area contributed by atoms with Gasteiger partial charge in [-0.1, -0.05) is 32.9 Å². The Hall–Kier alpha value is -2.96. The van der Waals surface area contributed by atoms with Gasteiger partial charge in [-0.25, -0.2) is 23.1 Å². The summed E-state index contributed by atoms with van der Waals surface area (Å²) in [5.74, 6) is 1.31. The van der Waals surface area contributed by atoms with E-state index in [1.54, 1.807) is 0 Å². The molecular weight excluding hydrogens is 502 g/mol. The van der Waals surface area contributed by atoms with E-state index >= 15 is 0 Å². The first-order chi connectivity index (χ1) is 17.4. The Kier molecular flexibility index (Phi) is 7.91. The molecule has 11 nitrogen and oxygen atoms in total. The Bertz CT molecular complexity index is 1200. The Balaban J connectivity index is 1.38. The van der Waals surface area contributed by atoms with Crippen molar-refractivity contribution in [2.24, 2.45) is 11.3 Å². The highest BCUT2D eigenvalue weighted by Crippen LogP contribution is 2.35. The highest BCUT2D eigenvalue weighted by atomic mass is 32.3. The number of hydrogen-bond donors (Lipinski definition) is 1. The van der Waals surface area contributed by atoms with Crippen LogP contribution >= 0.6 is 0 Å². The maximum Gasteiger partial charge on any atom is 0.407 e. The zero-order valence-corrected chi connectivity index (χ0v) is 22.2. The number of carbonyl (C=O) groups is 1. The number of carboxylic acid groups (broad SMARTS) is 1. The Morgan fingerprint density at radius 1 is 1.14 bits per heavy atom. The molecule has 0 bridgehead atoms. The summed E-state index contributed by atoms with van der Waals surface area (Å²) >= 11 is 0. The number of likely N-dealkylation sites (tertiary alicyclic amines) is 1. The van der Waals surface area contributed by atoms with Crippen molar-refractivity contribution in [3.8, 4) is 17.5 Å². The minimum absolute atomic E-state index is 0.0562. The van der Waals surface area contributed by atoms with Gasteiger partial charge in [-0.15, -0.1) is 0 Å². The number of rotatable bonds is 6. The molecule has 0 spiro atoms. The molecule has 0 saturated carbocycles. The van der Waals surface area contributed by atoms with E-state index in [-0.39, 0.29) is 36.7 Å². The molecule has 0 radical (unpaired) electrons. The van der Waals surface area contributed by atoms with Crippen molar-refractivity contribution < 1.29 is 36.2 Å². The molecule has 1 N–H and O–H groups in total. The second-order valence-electron chi connectivity index (χ2n) is 10.5. The average Bonchev–Trinajstić information content (AvgIpc) is 2.83. The Morgan fingerprint density at radius 2 is 1.78 bits per heavy atom. The van der Waals surface area contributed by atoms with Crippen LogP contribution in [0.1, 0.15) is 44.7 Å². The lowest BCUT2D eigenvalue weighted by molar-refractivity contribution is 0.0113. The molecule has 1 aromatic carbocycles. The van der Waals surface area contributed by atoms with E-state index in [9.17, 15) is 18.3 Å². The van der Waals surface area contributed by atoms with Gasteiger partial charge in [-0.3, -0.25) is 0 Å². The van der Waals surface area contributed by atoms with Gasteiger partial charge in [-0.05, 0) is 36.5 Å². The smallest absolute Gasteiger partial charge is 0.407 e. The molecule has 1 amide bonds. The SMILES string of the molecule is Cc1c(Oc2ccc(CC3COS(=O)(=O)OC3)cc2)ncnc1OC1CCN(C(=O)O)C(C(C)(C)C)C1. The van der Waals surface area contributed by atoms with Crippen molar-refractivity contribution in [1.29, 1.82) is 0 Å². The van der Waals surface area contributed by atoms with Crippen LogP contribution in [0.3, 0.4) is 0 Å². The lowest BCUT2D eigenvalue weighted by Gasteiger charge is -2.44. The molecule has 37 heavy (non-hydrogen) atoms. The second kappa shape index (κ2) is 10.8. The fourth-order valence-corrected chi connectivity index (χ4v) is 5.37. The molecule has 4 rings (SSSR count). The molecule has 2 aliphatic rings. The van der Waals surface area contributed by atoms with Gasteiger partial charge in [-0.2, -0.15) is 8.42 Å². The third-order valence-corrected chi connectivity index (χ3v) is 7.48. The lowest BCUT2D eigenvalue weighted by atomic mass is 9.80. The van der Waals surface area contributed by atoms with Gasteiger partial charge < -0.3 is 19.5 Å². The first-order valence-electron chi connectivity index (χ1n) is 12.2. The van der Waals surface area contributed by atoms with Crippen molar-refractivity contribution in [2.75, 3.05) is 19.8 Å². The first-order valence-corrected chi connectivity index (χ1v) is 13.5. The topological polar surface area (TPSA) is 137 Å². The Labute approximate surface area is 217 Å². The number of ether oxygens (including phenoxy) is 2. The van der Waals surface area contributed by atoms with E-state index in [0.29, 0.717) is 48.9 Å². The van der Waals surface area contributed by atoms with Gasteiger partial charge in [0, 0.05) is 31.3 Å². The molecule has 0 aliphatic carbocycles. The number of hydrogen-bond acceptors (Lipinski definition) is 9. The highest BCUT2D eigenvalue weighted by molar-refractivity contribution is 7.81. The normalized spacial score (nSPS) is 22.4. The van der Waals surface area contributed by atoms with Crippen LogP contribution in [-0.4, -0.2) is 66.4 Å². The zero-order chi connectivity index (χ0) is 26.8. The molecule has 2 unspecified atom stereocenters. The fraction of sp³-hybridized carbons (Fsp3) is 0.560. The molecule has 3 heterocycles. The summed E-state index contributed by atoms with van der Waals surface area (Å²) in [6.07, 6.45) is 2.05. The number of benzene rings is 1. The predicted molar refractivity (Wildman–Crippen MR) is 133 cm³/mol. The predicted octanol–water partition coefficient (Wildman–Crippen LogP) is 3.96. The maximum absolute atomic E-state index is 11.7. The molecule has 2 saturated heterocycles. The fourth-order valence-electron chi connectivity index (χ4n) is 4.59. The number of nitrogens with zero attached hydrogens (tertiary/aromatic N) is 3. The minimum atomic E-state index is -3.85. The van der Waals surface area contributed by atoms with Gasteiger partial charge >= 0.3 is 16.5 Å². The van der Waals surface area contributed by atoms with Crippen LogP contribution in [0.15, 0.2) is 30.6 Å². The highest BCUT2D eigenvalue weighted by Gasteiger charge is 2.39. The minimum Gasteiger partial charge on any atom is -0.474 e. The molecule has 2 atom stereocenters. The van der Waals surface area contributed by atoms with Crippen LogP contribution in [0.25, 0.3) is 0 Å². The van der Waals surface area contributed by atoms with E-state index in [0.717, 1.165) is 5.56 Å². The number of amides is 1. The summed E-state index contributed by atoms with van der Waals surface area (Å²) in [4.78, 5) is 21.8. The monoisotopic (exact) mass is 535 g/mol. The second-order valence-corrected chi connectivity index (χ2v) is 11.8. The van der Waals surface area contributed by atoms with Crippen molar-refractivity contribution in [1.82, 2.24) is 14.9 Å². The van der Waals surface area contributed by atoms with Crippen LogP contribution in [0.5, 0.6) is 17.5 Å². The summed E-state index contributed by atoms with van der Waals surface area (Å²) in [5.41, 5.74) is 1.42. The summed E-state index contributed by atoms with van der Waals surface area (Å²) in [7, 11) is -3.85. The summed E-state index contributed by atoms with van der Waals surface area (Å²) in [6, 6.07) is 7.25. The molecule has 2 fully saturated rings. The summed E-state index contributed by atoms with van der Waals surface area (Å²) in [6.45, 7) is 8.50. The number of piperidine rings is 1. The van der Waals surface area contributed by atoms with Gasteiger partial charge in [0.2, 0.25) is 11.8 Å². The van der Waals surface area contributed by atoms with Crippen LogP contribution in [0.4, 0.5) is 4.79 Å². The van der Waals surface area contributed by atoms with E-state index < -0.39 is 16.5 Å². The van der Waals surface area contributed by atoms with Crippen LogP contribution in [0.2, 0.25) is 0 Å². The molecule has 202 valence electrons. The lowest BCUT2D eigenvalue weighted by Crippen LogP contribution is -2.53. The zero-order valence-electron chi connectivity index (χ0n) is 21.4. The van der Waals surface area contributed by atoms with Crippen molar-refractivity contribution in [3.63, 3.8) is 0 Å². The summed E-state index contributed by atoms with van der Waals surface area (Å²) in [5, 5.41) is 9.60. The largest absolute Gasteiger partial charge is 0.474 e. The van der Waals surface area contributed by atoms with Crippen LogP contribution in [-0.2, 0) is 25.2 Å².